The minimum atomic E-state index is -0.462. The van der Waals surface area contributed by atoms with E-state index in [0.29, 0.717) is 18.3 Å². The lowest BCUT2D eigenvalue weighted by Crippen LogP contribution is -2.59. The molecule has 0 radical (unpaired) electrons. The summed E-state index contributed by atoms with van der Waals surface area (Å²) in [5.41, 5.74) is 0.751. The van der Waals surface area contributed by atoms with Crippen molar-refractivity contribution in [2.45, 2.75) is 38.5 Å². The molecule has 8 rings (SSSR count). The molecule has 2 N–H and O–H groups in total. The van der Waals surface area contributed by atoms with E-state index in [1.54, 1.807) is 0 Å². The first-order valence-corrected chi connectivity index (χ1v) is 13.1. The fourth-order valence-corrected chi connectivity index (χ4v) is 7.86. The van der Waals surface area contributed by atoms with Crippen molar-refractivity contribution in [1.82, 2.24) is 0 Å². The van der Waals surface area contributed by atoms with Gasteiger partial charge >= 0.3 is 0 Å². The van der Waals surface area contributed by atoms with Crippen LogP contribution in [0.4, 0.5) is 11.4 Å². The van der Waals surface area contributed by atoms with E-state index in [0.717, 1.165) is 65.0 Å². The highest BCUT2D eigenvalue weighted by molar-refractivity contribution is 6.01. The topological polar surface area (TPSA) is 58.2 Å². The van der Waals surface area contributed by atoms with Crippen molar-refractivity contribution < 1.29 is 9.59 Å². The quantitative estimate of drug-likeness (QED) is 0.330. The Labute approximate surface area is 211 Å². The van der Waals surface area contributed by atoms with E-state index in [1.165, 1.54) is 0 Å². The number of nitrogens with one attached hydrogen (secondary N) is 2. The van der Waals surface area contributed by atoms with Gasteiger partial charge in [-0.3, -0.25) is 9.59 Å². The van der Waals surface area contributed by atoms with Crippen molar-refractivity contribution in [2.24, 2.45) is 22.7 Å². The van der Waals surface area contributed by atoms with Crippen molar-refractivity contribution in [1.29, 1.82) is 0 Å². The molecule has 2 amide bonds. The molecule has 0 aliphatic heterocycles. The summed E-state index contributed by atoms with van der Waals surface area (Å²) in [4.78, 5) is 27.7. The number of fused-ring (bicyclic) bond motifs is 2. The third-order valence-electron chi connectivity index (χ3n) is 9.04. The van der Waals surface area contributed by atoms with Crippen LogP contribution in [0.1, 0.15) is 38.5 Å². The van der Waals surface area contributed by atoms with Crippen LogP contribution in [0.5, 0.6) is 0 Å². The second-order valence-corrected chi connectivity index (χ2v) is 11.6. The van der Waals surface area contributed by atoms with E-state index < -0.39 is 10.8 Å². The summed E-state index contributed by atoms with van der Waals surface area (Å²) in [7, 11) is 0. The Morgan fingerprint density at radius 2 is 1.00 bits per heavy atom. The van der Waals surface area contributed by atoms with Crippen LogP contribution in [0.25, 0.3) is 21.5 Å². The highest BCUT2D eigenvalue weighted by Gasteiger charge is 2.63. The van der Waals surface area contributed by atoms with Gasteiger partial charge in [-0.05, 0) is 96.2 Å². The van der Waals surface area contributed by atoms with Crippen LogP contribution in [0, 0.1) is 22.7 Å². The zero-order valence-corrected chi connectivity index (χ0v) is 20.3. The Balaban J connectivity index is 1.15. The smallest absolute Gasteiger partial charge is 0.230 e. The normalized spacial score (nSPS) is 28.3. The summed E-state index contributed by atoms with van der Waals surface area (Å²) < 4.78 is 0. The average Bonchev–Trinajstić information content (AvgIpc) is 2.88. The fraction of sp³-hybridized carbons (Fsp3) is 0.312. The Hall–Kier alpha value is -3.66. The summed E-state index contributed by atoms with van der Waals surface area (Å²) in [6.07, 6.45) is 5.38. The summed E-state index contributed by atoms with van der Waals surface area (Å²) in [6, 6.07) is 28.6. The lowest BCUT2D eigenvalue weighted by atomic mass is 9.43. The van der Waals surface area contributed by atoms with Crippen molar-refractivity contribution in [3.05, 3.63) is 84.9 Å². The molecule has 0 heterocycles. The summed E-state index contributed by atoms with van der Waals surface area (Å²) >= 11 is 0. The molecule has 4 bridgehead atoms. The molecule has 4 saturated carbocycles. The van der Waals surface area contributed by atoms with Gasteiger partial charge in [0.15, 0.2) is 0 Å². The number of hydrogen-bond donors (Lipinski definition) is 2. The maximum atomic E-state index is 13.8. The Bertz CT molecular complexity index is 1400. The molecule has 0 aromatic heterocycles. The van der Waals surface area contributed by atoms with Gasteiger partial charge in [0, 0.05) is 11.4 Å². The first-order chi connectivity index (χ1) is 17.5. The van der Waals surface area contributed by atoms with Crippen molar-refractivity contribution >= 4 is 44.7 Å². The molecular formula is C32H30N2O2. The number of carbonyl (C=O) groups excluding carboxylic acids is 2. The first-order valence-electron chi connectivity index (χ1n) is 13.1. The van der Waals surface area contributed by atoms with Crippen LogP contribution in [0.2, 0.25) is 0 Å². The number of hydrogen-bond acceptors (Lipinski definition) is 2. The summed E-state index contributed by atoms with van der Waals surface area (Å²) in [5, 5.41) is 11.1. The van der Waals surface area contributed by atoms with E-state index in [1.807, 2.05) is 36.4 Å². The van der Waals surface area contributed by atoms with E-state index >= 15 is 0 Å². The lowest BCUT2D eigenvalue weighted by Gasteiger charge is -2.60. The van der Waals surface area contributed by atoms with Gasteiger partial charge in [0.1, 0.15) is 0 Å². The minimum Gasteiger partial charge on any atom is -0.326 e. The highest BCUT2D eigenvalue weighted by atomic mass is 16.2. The fourth-order valence-electron chi connectivity index (χ4n) is 7.86. The number of rotatable bonds is 4. The Morgan fingerprint density at radius 1 is 0.583 bits per heavy atom. The largest absolute Gasteiger partial charge is 0.326 e. The molecule has 0 atom stereocenters. The van der Waals surface area contributed by atoms with Gasteiger partial charge < -0.3 is 10.6 Å². The maximum absolute atomic E-state index is 13.8. The molecule has 4 aliphatic rings. The second-order valence-electron chi connectivity index (χ2n) is 11.6. The standard InChI is InChI=1S/C32H30N2O2/c35-29(33-27-11-9-23-5-1-3-7-25(23)14-27)31-16-21-13-22(17-31)19-32(18-21,20-31)30(36)34-28-12-10-24-6-2-4-8-26(24)15-28/h1-12,14-15,21-22H,13,16-20H2,(H,33,35)(H,34,36). The Morgan fingerprint density at radius 3 is 1.44 bits per heavy atom. The van der Waals surface area contributed by atoms with Gasteiger partial charge in [-0.15, -0.1) is 0 Å². The van der Waals surface area contributed by atoms with Crippen LogP contribution in [0.15, 0.2) is 84.9 Å². The van der Waals surface area contributed by atoms with Crippen molar-refractivity contribution in [2.75, 3.05) is 10.6 Å². The molecule has 0 saturated heterocycles. The monoisotopic (exact) mass is 474 g/mol. The van der Waals surface area contributed by atoms with Gasteiger partial charge in [-0.1, -0.05) is 60.7 Å². The second kappa shape index (κ2) is 7.92. The van der Waals surface area contributed by atoms with E-state index in [9.17, 15) is 9.59 Å². The van der Waals surface area contributed by atoms with Gasteiger partial charge in [0.05, 0.1) is 10.8 Å². The molecule has 4 aromatic rings. The van der Waals surface area contributed by atoms with Crippen LogP contribution in [-0.4, -0.2) is 11.8 Å². The zero-order valence-electron chi connectivity index (χ0n) is 20.3. The van der Waals surface area contributed by atoms with Gasteiger partial charge in [0.25, 0.3) is 0 Å². The number of anilines is 2. The summed E-state index contributed by atoms with van der Waals surface area (Å²) in [5.74, 6) is 1.07. The van der Waals surface area contributed by atoms with Crippen molar-refractivity contribution in [3.63, 3.8) is 0 Å². The third kappa shape index (κ3) is 3.50. The first kappa shape index (κ1) is 21.6. The number of carbonyl (C=O) groups is 2. The Kier molecular flexibility index (Phi) is 4.76. The average molecular weight is 475 g/mol. The molecule has 0 unspecified atom stereocenters. The van der Waals surface area contributed by atoms with Crippen LogP contribution in [-0.2, 0) is 9.59 Å². The molecular weight excluding hydrogens is 444 g/mol. The predicted molar refractivity (Wildman–Crippen MR) is 145 cm³/mol. The van der Waals surface area contributed by atoms with Gasteiger partial charge in [0.2, 0.25) is 11.8 Å². The minimum absolute atomic E-state index is 0.0924. The SMILES string of the molecule is O=C(Nc1ccc2ccccc2c1)C12CC3CC(C1)CC(C(=O)Nc1ccc4ccccc4c1)(C3)C2. The summed E-state index contributed by atoms with van der Waals surface area (Å²) in [6.45, 7) is 0. The van der Waals surface area contributed by atoms with Gasteiger partial charge in [-0.25, -0.2) is 0 Å². The van der Waals surface area contributed by atoms with Gasteiger partial charge in [-0.2, -0.15) is 0 Å². The molecule has 4 heteroatoms. The molecule has 4 nitrogen and oxygen atoms in total. The van der Waals surface area contributed by atoms with Crippen LogP contribution in [0.3, 0.4) is 0 Å². The predicted octanol–water partition coefficient (Wildman–Crippen LogP) is 7.16. The van der Waals surface area contributed by atoms with Crippen LogP contribution < -0.4 is 10.6 Å². The zero-order chi connectivity index (χ0) is 24.3. The third-order valence-corrected chi connectivity index (χ3v) is 9.04. The van der Waals surface area contributed by atoms with E-state index in [-0.39, 0.29) is 11.8 Å². The van der Waals surface area contributed by atoms with E-state index in [2.05, 4.69) is 59.2 Å². The van der Waals surface area contributed by atoms with E-state index in [4.69, 9.17) is 0 Å². The molecule has 36 heavy (non-hydrogen) atoms. The highest BCUT2D eigenvalue weighted by Crippen LogP contribution is 2.65. The lowest BCUT2D eigenvalue weighted by molar-refractivity contribution is -0.161. The molecule has 4 fully saturated rings. The maximum Gasteiger partial charge on any atom is 0.230 e. The molecule has 0 spiro atoms. The molecule has 4 aliphatic carbocycles. The van der Waals surface area contributed by atoms with Crippen molar-refractivity contribution in [3.8, 4) is 0 Å². The number of benzene rings is 4. The molecule has 4 aromatic carbocycles. The molecule has 180 valence electrons. The van der Waals surface area contributed by atoms with Crippen LogP contribution >= 0.6 is 0 Å². The number of amides is 2.